The van der Waals surface area contributed by atoms with Gasteiger partial charge in [-0.25, -0.2) is 4.79 Å². The van der Waals surface area contributed by atoms with E-state index in [1.54, 1.807) is 6.92 Å². The molecule has 0 saturated heterocycles. The highest BCUT2D eigenvalue weighted by Gasteiger charge is 2.20. The largest absolute Gasteiger partial charge is 0.462 e. The Morgan fingerprint density at radius 3 is 2.62 bits per heavy atom. The van der Waals surface area contributed by atoms with Crippen molar-refractivity contribution in [2.24, 2.45) is 0 Å². The van der Waals surface area contributed by atoms with Crippen LogP contribution in [-0.4, -0.2) is 18.5 Å². The van der Waals surface area contributed by atoms with Crippen LogP contribution < -0.4 is 5.32 Å². The Morgan fingerprint density at radius 1 is 1.19 bits per heavy atom. The summed E-state index contributed by atoms with van der Waals surface area (Å²) in [4.78, 5) is 26.9. The minimum atomic E-state index is -0.424. The summed E-state index contributed by atoms with van der Waals surface area (Å²) in [6.45, 7) is 2.04. The number of hydrogen-bond donors (Lipinski definition) is 1. The van der Waals surface area contributed by atoms with E-state index in [4.69, 9.17) is 4.74 Å². The molecule has 2 aromatic heterocycles. The van der Waals surface area contributed by atoms with Gasteiger partial charge in [-0.05, 0) is 42.1 Å². The fourth-order valence-corrected chi connectivity index (χ4v) is 4.33. The van der Waals surface area contributed by atoms with Crippen LogP contribution in [0.1, 0.15) is 21.5 Å². The van der Waals surface area contributed by atoms with Gasteiger partial charge in [0, 0.05) is 14.2 Å². The van der Waals surface area contributed by atoms with Gasteiger partial charge < -0.3 is 10.1 Å². The van der Waals surface area contributed by atoms with Crippen molar-refractivity contribution < 1.29 is 14.3 Å². The van der Waals surface area contributed by atoms with E-state index in [1.165, 1.54) is 22.7 Å². The highest BCUT2D eigenvalue weighted by atomic mass is 79.9. The topological polar surface area (TPSA) is 55.4 Å². The molecular weight excluding hydrogens is 434 g/mol. The van der Waals surface area contributed by atoms with Crippen molar-refractivity contribution in [2.75, 3.05) is 11.9 Å². The maximum Gasteiger partial charge on any atom is 0.350 e. The van der Waals surface area contributed by atoms with E-state index in [0.717, 1.165) is 19.8 Å². The van der Waals surface area contributed by atoms with E-state index in [2.05, 4.69) is 21.2 Å². The van der Waals surface area contributed by atoms with Crippen molar-refractivity contribution >= 4 is 56.2 Å². The third-order valence-electron chi connectivity index (χ3n) is 3.51. The van der Waals surface area contributed by atoms with Gasteiger partial charge in [0.05, 0.1) is 18.7 Å². The summed E-state index contributed by atoms with van der Waals surface area (Å²) >= 11 is 6.26. The van der Waals surface area contributed by atoms with Crippen molar-refractivity contribution in [3.63, 3.8) is 0 Å². The Hall–Kier alpha value is -1.96. The highest BCUT2D eigenvalue weighted by molar-refractivity contribution is 9.10. The summed E-state index contributed by atoms with van der Waals surface area (Å²) in [5.41, 5.74) is 1.47. The van der Waals surface area contributed by atoms with E-state index in [-0.39, 0.29) is 18.9 Å². The first-order valence-electron chi connectivity index (χ1n) is 7.96. The van der Waals surface area contributed by atoms with Gasteiger partial charge >= 0.3 is 5.97 Å². The SMILES string of the molecule is CCOC(=O)c1sc(-c2ccc(Br)cc2)cc1NC(=O)Cc1cccs1. The molecule has 3 rings (SSSR count). The Labute approximate surface area is 168 Å². The molecule has 0 aliphatic carbocycles. The third-order valence-corrected chi connectivity index (χ3v) is 6.08. The van der Waals surface area contributed by atoms with Crippen molar-refractivity contribution in [1.82, 2.24) is 0 Å². The molecule has 3 aromatic rings. The minimum absolute atomic E-state index is 0.154. The molecule has 0 aliphatic rings. The number of nitrogens with one attached hydrogen (secondary N) is 1. The summed E-state index contributed by atoms with van der Waals surface area (Å²) in [5.74, 6) is -0.578. The van der Waals surface area contributed by atoms with Crippen LogP contribution in [0.4, 0.5) is 5.69 Å². The lowest BCUT2D eigenvalue weighted by atomic mass is 10.2. The number of ether oxygens (including phenoxy) is 1. The predicted molar refractivity (Wildman–Crippen MR) is 110 cm³/mol. The number of thiophene rings is 2. The average Bonchev–Trinajstić information content (AvgIpc) is 3.26. The fraction of sp³-hybridized carbons (Fsp3) is 0.158. The van der Waals surface area contributed by atoms with Crippen LogP contribution in [0.3, 0.4) is 0 Å². The van der Waals surface area contributed by atoms with Gasteiger partial charge in [-0.2, -0.15) is 0 Å². The molecule has 0 aliphatic heterocycles. The third kappa shape index (κ3) is 4.60. The number of carbonyl (C=O) groups excluding carboxylic acids is 2. The lowest BCUT2D eigenvalue weighted by molar-refractivity contribution is -0.115. The number of anilines is 1. The average molecular weight is 450 g/mol. The van der Waals surface area contributed by atoms with E-state index in [9.17, 15) is 9.59 Å². The van der Waals surface area contributed by atoms with Gasteiger partial charge in [0.15, 0.2) is 0 Å². The molecule has 134 valence electrons. The highest BCUT2D eigenvalue weighted by Crippen LogP contribution is 2.36. The lowest BCUT2D eigenvalue weighted by Crippen LogP contribution is -2.15. The number of amides is 1. The molecule has 1 aromatic carbocycles. The monoisotopic (exact) mass is 449 g/mol. The normalized spacial score (nSPS) is 10.5. The zero-order chi connectivity index (χ0) is 18.5. The Balaban J connectivity index is 1.87. The molecule has 0 spiro atoms. The number of hydrogen-bond acceptors (Lipinski definition) is 5. The van der Waals surface area contributed by atoms with Gasteiger partial charge in [-0.15, -0.1) is 22.7 Å². The first-order chi connectivity index (χ1) is 12.6. The Morgan fingerprint density at radius 2 is 1.96 bits per heavy atom. The Bertz CT molecular complexity index is 902. The van der Waals surface area contributed by atoms with Crippen molar-refractivity contribution in [3.8, 4) is 10.4 Å². The number of carbonyl (C=O) groups is 2. The standard InChI is InChI=1S/C19H16BrNO3S2/c1-2-24-19(23)18-15(21-17(22)10-14-4-3-9-25-14)11-16(26-18)12-5-7-13(20)8-6-12/h3-9,11H,2,10H2,1H3,(H,21,22). The van der Waals surface area contributed by atoms with Crippen LogP contribution in [0.5, 0.6) is 0 Å². The zero-order valence-corrected chi connectivity index (χ0v) is 17.2. The van der Waals surface area contributed by atoms with Gasteiger partial charge in [0.2, 0.25) is 5.91 Å². The minimum Gasteiger partial charge on any atom is -0.462 e. The van der Waals surface area contributed by atoms with Gasteiger partial charge in [0.1, 0.15) is 4.88 Å². The summed E-state index contributed by atoms with van der Waals surface area (Å²) in [5, 5.41) is 4.79. The van der Waals surface area contributed by atoms with E-state index in [1.807, 2.05) is 47.8 Å². The van der Waals surface area contributed by atoms with Gasteiger partial charge in [-0.3, -0.25) is 4.79 Å². The summed E-state index contributed by atoms with van der Waals surface area (Å²) in [7, 11) is 0. The van der Waals surface area contributed by atoms with Gasteiger partial charge in [-0.1, -0.05) is 34.1 Å². The van der Waals surface area contributed by atoms with Crippen LogP contribution >= 0.6 is 38.6 Å². The molecule has 1 amide bonds. The van der Waals surface area contributed by atoms with Crippen molar-refractivity contribution in [3.05, 3.63) is 62.1 Å². The molecule has 0 saturated carbocycles. The van der Waals surface area contributed by atoms with E-state index < -0.39 is 5.97 Å². The first kappa shape index (κ1) is 18.8. The van der Waals surface area contributed by atoms with Crippen LogP contribution in [0.25, 0.3) is 10.4 Å². The molecule has 0 bridgehead atoms. The smallest absolute Gasteiger partial charge is 0.350 e. The molecule has 26 heavy (non-hydrogen) atoms. The molecule has 0 atom stereocenters. The van der Waals surface area contributed by atoms with Crippen LogP contribution in [0, 0.1) is 0 Å². The van der Waals surface area contributed by atoms with Crippen LogP contribution in [0.15, 0.2) is 52.3 Å². The molecule has 4 nitrogen and oxygen atoms in total. The molecular formula is C19H16BrNO3S2. The summed E-state index contributed by atoms with van der Waals surface area (Å²) < 4.78 is 6.12. The zero-order valence-electron chi connectivity index (χ0n) is 14.0. The molecule has 7 heteroatoms. The maximum absolute atomic E-state index is 12.3. The molecule has 1 N–H and O–H groups in total. The number of halogens is 1. The number of esters is 1. The molecule has 0 fully saturated rings. The molecule has 0 unspecified atom stereocenters. The quantitative estimate of drug-likeness (QED) is 0.498. The second-order valence-electron chi connectivity index (χ2n) is 5.39. The number of benzene rings is 1. The van der Waals surface area contributed by atoms with E-state index in [0.29, 0.717) is 10.6 Å². The maximum atomic E-state index is 12.3. The number of rotatable bonds is 6. The second kappa shape index (κ2) is 8.62. The van der Waals surface area contributed by atoms with Crippen LogP contribution in [0.2, 0.25) is 0 Å². The summed E-state index contributed by atoms with van der Waals surface area (Å²) in [6, 6.07) is 13.4. The first-order valence-corrected chi connectivity index (χ1v) is 10.4. The fourth-order valence-electron chi connectivity index (χ4n) is 2.35. The second-order valence-corrected chi connectivity index (χ2v) is 8.39. The summed E-state index contributed by atoms with van der Waals surface area (Å²) in [6.07, 6.45) is 0.281. The lowest BCUT2D eigenvalue weighted by Gasteiger charge is -2.05. The molecule has 2 heterocycles. The van der Waals surface area contributed by atoms with Crippen molar-refractivity contribution in [1.29, 1.82) is 0 Å². The van der Waals surface area contributed by atoms with Crippen molar-refractivity contribution in [2.45, 2.75) is 13.3 Å². The molecule has 0 radical (unpaired) electrons. The van der Waals surface area contributed by atoms with Gasteiger partial charge in [0.25, 0.3) is 0 Å². The Kier molecular flexibility index (Phi) is 6.24. The van der Waals surface area contributed by atoms with Crippen LogP contribution in [-0.2, 0) is 16.0 Å². The predicted octanol–water partition coefficient (Wildman–Crippen LogP) is 5.60. The van der Waals surface area contributed by atoms with E-state index >= 15 is 0 Å².